The number of benzene rings is 1. The lowest BCUT2D eigenvalue weighted by atomic mass is 10.0. The molecule has 0 aliphatic heterocycles. The second-order valence-electron chi connectivity index (χ2n) is 4.49. The topological polar surface area (TPSA) is 110 Å². The summed E-state index contributed by atoms with van der Waals surface area (Å²) in [7, 11) is 1.59. The average molecular weight is 290 g/mol. The van der Waals surface area contributed by atoms with Gasteiger partial charge in [0.1, 0.15) is 6.20 Å². The van der Waals surface area contributed by atoms with Gasteiger partial charge in [0, 0.05) is 13.6 Å². The SMILES string of the molecule is Cn1cc([N+](=O)[O-])c(NCc2ccccc2CC(=O)O)n1. The molecule has 8 heteroatoms. The summed E-state index contributed by atoms with van der Waals surface area (Å²) in [5.41, 5.74) is 1.31. The van der Waals surface area contributed by atoms with Gasteiger partial charge in [-0.1, -0.05) is 24.3 Å². The van der Waals surface area contributed by atoms with Crippen LogP contribution in [0.3, 0.4) is 0 Å². The molecule has 1 aromatic carbocycles. The molecule has 2 rings (SSSR count). The molecule has 1 aromatic heterocycles. The van der Waals surface area contributed by atoms with Crippen LogP contribution >= 0.6 is 0 Å². The van der Waals surface area contributed by atoms with Crippen molar-refractivity contribution in [2.24, 2.45) is 7.05 Å². The minimum atomic E-state index is -0.925. The van der Waals surface area contributed by atoms with Gasteiger partial charge >= 0.3 is 11.7 Å². The molecule has 0 radical (unpaired) electrons. The fourth-order valence-corrected chi connectivity index (χ4v) is 1.98. The molecule has 0 aliphatic rings. The van der Waals surface area contributed by atoms with Gasteiger partial charge in [-0.3, -0.25) is 19.6 Å². The maximum absolute atomic E-state index is 10.9. The average Bonchev–Trinajstić information content (AvgIpc) is 2.78. The number of hydrogen-bond acceptors (Lipinski definition) is 5. The summed E-state index contributed by atoms with van der Waals surface area (Å²) in [5.74, 6) is -0.765. The fraction of sp³-hybridized carbons (Fsp3) is 0.231. The third kappa shape index (κ3) is 3.56. The molecule has 0 amide bonds. The predicted octanol–water partition coefficient (Wildman–Crippen LogP) is 1.57. The summed E-state index contributed by atoms with van der Waals surface area (Å²) in [6.07, 6.45) is 1.22. The summed E-state index contributed by atoms with van der Waals surface area (Å²) < 4.78 is 1.35. The van der Waals surface area contributed by atoms with Crippen LogP contribution in [0, 0.1) is 10.1 Å². The number of aliphatic carboxylic acids is 1. The molecule has 110 valence electrons. The van der Waals surface area contributed by atoms with Gasteiger partial charge in [-0.15, -0.1) is 5.10 Å². The van der Waals surface area contributed by atoms with E-state index in [0.717, 1.165) is 5.56 Å². The molecule has 0 fully saturated rings. The Morgan fingerprint density at radius 3 is 2.71 bits per heavy atom. The standard InChI is InChI=1S/C13H14N4O4/c1-16-8-11(17(20)21)13(15-16)14-7-10-5-3-2-4-9(10)6-12(18)19/h2-5,8H,6-7H2,1H3,(H,14,15)(H,18,19). The first-order valence-corrected chi connectivity index (χ1v) is 6.18. The molecule has 0 bridgehead atoms. The van der Waals surface area contributed by atoms with Crippen molar-refractivity contribution in [2.75, 3.05) is 5.32 Å². The minimum Gasteiger partial charge on any atom is -0.481 e. The number of rotatable bonds is 6. The molecular weight excluding hydrogens is 276 g/mol. The molecule has 21 heavy (non-hydrogen) atoms. The van der Waals surface area contributed by atoms with E-state index >= 15 is 0 Å². The molecule has 0 saturated heterocycles. The summed E-state index contributed by atoms with van der Waals surface area (Å²) in [6, 6.07) is 7.04. The monoisotopic (exact) mass is 290 g/mol. The molecule has 0 atom stereocenters. The lowest BCUT2D eigenvalue weighted by Crippen LogP contribution is -2.08. The van der Waals surface area contributed by atoms with Gasteiger partial charge < -0.3 is 10.4 Å². The van der Waals surface area contributed by atoms with E-state index in [1.54, 1.807) is 31.3 Å². The highest BCUT2D eigenvalue weighted by atomic mass is 16.6. The smallest absolute Gasteiger partial charge is 0.330 e. The zero-order valence-electron chi connectivity index (χ0n) is 11.3. The number of carboxylic acid groups (broad SMARTS) is 1. The number of hydrogen-bond donors (Lipinski definition) is 2. The van der Waals surface area contributed by atoms with E-state index in [1.165, 1.54) is 10.9 Å². The first-order valence-electron chi connectivity index (χ1n) is 6.18. The van der Waals surface area contributed by atoms with Crippen LogP contribution in [0.4, 0.5) is 11.5 Å². The van der Waals surface area contributed by atoms with Crippen molar-refractivity contribution in [3.63, 3.8) is 0 Å². The van der Waals surface area contributed by atoms with Crippen molar-refractivity contribution in [3.8, 4) is 0 Å². The van der Waals surface area contributed by atoms with Crippen LogP contribution < -0.4 is 5.32 Å². The Morgan fingerprint density at radius 1 is 1.43 bits per heavy atom. The Morgan fingerprint density at radius 2 is 2.10 bits per heavy atom. The predicted molar refractivity (Wildman–Crippen MR) is 75.0 cm³/mol. The zero-order chi connectivity index (χ0) is 15.4. The van der Waals surface area contributed by atoms with Gasteiger partial charge in [-0.25, -0.2) is 0 Å². The number of nitrogens with zero attached hydrogens (tertiary/aromatic N) is 3. The van der Waals surface area contributed by atoms with Crippen molar-refractivity contribution in [2.45, 2.75) is 13.0 Å². The molecule has 0 aliphatic carbocycles. The molecule has 2 N–H and O–H groups in total. The van der Waals surface area contributed by atoms with Crippen molar-refractivity contribution in [1.29, 1.82) is 0 Å². The van der Waals surface area contributed by atoms with E-state index in [2.05, 4.69) is 10.4 Å². The van der Waals surface area contributed by atoms with Gasteiger partial charge in [-0.2, -0.15) is 0 Å². The van der Waals surface area contributed by atoms with E-state index in [4.69, 9.17) is 5.11 Å². The Kier molecular flexibility index (Phi) is 4.17. The van der Waals surface area contributed by atoms with E-state index in [9.17, 15) is 14.9 Å². The maximum Gasteiger partial charge on any atom is 0.330 e. The van der Waals surface area contributed by atoms with Crippen molar-refractivity contribution in [1.82, 2.24) is 9.78 Å². The highest BCUT2D eigenvalue weighted by Gasteiger charge is 2.18. The van der Waals surface area contributed by atoms with Crippen LogP contribution in [0.5, 0.6) is 0 Å². The normalized spacial score (nSPS) is 10.3. The number of nitro groups is 1. The number of anilines is 1. The largest absolute Gasteiger partial charge is 0.481 e. The number of nitrogens with one attached hydrogen (secondary N) is 1. The van der Waals surface area contributed by atoms with Crippen molar-refractivity contribution < 1.29 is 14.8 Å². The third-order valence-corrected chi connectivity index (χ3v) is 2.91. The van der Waals surface area contributed by atoms with Crippen molar-refractivity contribution >= 4 is 17.5 Å². The quantitative estimate of drug-likeness (QED) is 0.617. The number of aromatic nitrogens is 2. The second kappa shape index (κ2) is 6.04. The molecule has 2 aromatic rings. The van der Waals surface area contributed by atoms with Crippen LogP contribution in [0.2, 0.25) is 0 Å². The van der Waals surface area contributed by atoms with Gasteiger partial charge in [0.25, 0.3) is 0 Å². The van der Waals surface area contributed by atoms with E-state index < -0.39 is 10.9 Å². The lowest BCUT2D eigenvalue weighted by molar-refractivity contribution is -0.384. The van der Waals surface area contributed by atoms with Crippen LogP contribution in [0.15, 0.2) is 30.5 Å². The highest BCUT2D eigenvalue weighted by Crippen LogP contribution is 2.22. The van der Waals surface area contributed by atoms with Gasteiger partial charge in [0.2, 0.25) is 5.82 Å². The highest BCUT2D eigenvalue weighted by molar-refractivity contribution is 5.70. The van der Waals surface area contributed by atoms with Gasteiger partial charge in [0.15, 0.2) is 0 Å². The molecule has 8 nitrogen and oxygen atoms in total. The summed E-state index contributed by atoms with van der Waals surface area (Å²) >= 11 is 0. The van der Waals surface area contributed by atoms with E-state index in [0.29, 0.717) is 5.56 Å². The Balaban J connectivity index is 2.17. The molecule has 0 spiro atoms. The van der Waals surface area contributed by atoms with Gasteiger partial charge in [0.05, 0.1) is 11.3 Å². The first kappa shape index (κ1) is 14.5. The third-order valence-electron chi connectivity index (χ3n) is 2.91. The van der Waals surface area contributed by atoms with Crippen LogP contribution in [0.1, 0.15) is 11.1 Å². The Hall–Kier alpha value is -2.90. The Labute approximate surface area is 120 Å². The fourth-order valence-electron chi connectivity index (χ4n) is 1.98. The molecular formula is C13H14N4O4. The van der Waals surface area contributed by atoms with Crippen molar-refractivity contribution in [3.05, 3.63) is 51.7 Å². The lowest BCUT2D eigenvalue weighted by Gasteiger charge is -2.08. The minimum absolute atomic E-state index is 0.0951. The van der Waals surface area contributed by atoms with Crippen LogP contribution in [-0.2, 0) is 24.8 Å². The zero-order valence-corrected chi connectivity index (χ0v) is 11.3. The summed E-state index contributed by atoms with van der Waals surface area (Å²) in [6.45, 7) is 0.265. The van der Waals surface area contributed by atoms with Crippen LogP contribution in [0.25, 0.3) is 0 Å². The van der Waals surface area contributed by atoms with Gasteiger partial charge in [-0.05, 0) is 11.1 Å². The second-order valence-corrected chi connectivity index (χ2v) is 4.49. The number of aryl methyl sites for hydroxylation is 1. The Bertz CT molecular complexity index is 681. The maximum atomic E-state index is 10.9. The molecule has 0 saturated carbocycles. The first-order chi connectivity index (χ1) is 9.97. The van der Waals surface area contributed by atoms with Crippen LogP contribution in [-0.4, -0.2) is 25.8 Å². The molecule has 1 heterocycles. The van der Waals surface area contributed by atoms with E-state index in [1.807, 2.05) is 0 Å². The number of carboxylic acids is 1. The number of carbonyl (C=O) groups is 1. The summed E-state index contributed by atoms with van der Waals surface area (Å²) in [4.78, 5) is 21.2. The molecule has 0 unspecified atom stereocenters. The van der Waals surface area contributed by atoms with E-state index in [-0.39, 0.29) is 24.5 Å². The summed E-state index contributed by atoms with van der Waals surface area (Å²) in [5, 5.41) is 26.6.